The van der Waals surface area contributed by atoms with E-state index in [0.29, 0.717) is 18.4 Å². The molecule has 1 atom stereocenters. The molecule has 122 valence electrons. The Morgan fingerprint density at radius 2 is 1.76 bits per heavy atom. The number of rotatable bonds is 4. The number of piperidine rings is 1. The van der Waals surface area contributed by atoms with Gasteiger partial charge in [0.25, 0.3) is 0 Å². The van der Waals surface area contributed by atoms with Crippen LogP contribution in [0.3, 0.4) is 0 Å². The Morgan fingerprint density at radius 3 is 2.33 bits per heavy atom. The second-order valence-corrected chi connectivity index (χ2v) is 6.73. The lowest BCUT2D eigenvalue weighted by molar-refractivity contribution is 0.0409. The molecule has 1 saturated carbocycles. The summed E-state index contributed by atoms with van der Waals surface area (Å²) in [6.07, 6.45) is 9.87. The Kier molecular flexibility index (Phi) is 6.81. The molecule has 2 rings (SSSR count). The predicted octanol–water partition coefficient (Wildman–Crippen LogP) is 3.58. The molecule has 1 N–H and O–H groups in total. The van der Waals surface area contributed by atoms with Crippen LogP contribution in [0.25, 0.3) is 0 Å². The lowest BCUT2D eigenvalue weighted by atomic mass is 9.90. The summed E-state index contributed by atoms with van der Waals surface area (Å²) in [6.45, 7) is 4.06. The van der Waals surface area contributed by atoms with Gasteiger partial charge in [-0.3, -0.25) is 0 Å². The van der Waals surface area contributed by atoms with E-state index in [1.807, 2.05) is 11.8 Å². The number of carbonyl (C=O) groups is 1. The Morgan fingerprint density at radius 1 is 1.14 bits per heavy atom. The van der Waals surface area contributed by atoms with Crippen molar-refractivity contribution in [3.63, 3.8) is 0 Å². The molecule has 0 spiro atoms. The highest BCUT2D eigenvalue weighted by Gasteiger charge is 2.27. The number of hydrogen-bond acceptors (Lipinski definition) is 3. The van der Waals surface area contributed by atoms with E-state index in [1.165, 1.54) is 38.5 Å². The first-order valence-corrected chi connectivity index (χ1v) is 8.80. The van der Waals surface area contributed by atoms with Crippen molar-refractivity contribution in [3.8, 4) is 0 Å². The van der Waals surface area contributed by atoms with Crippen LogP contribution < -0.4 is 0 Å². The smallest absolute Gasteiger partial charge is 0.409 e. The molecule has 0 aromatic rings. The maximum Gasteiger partial charge on any atom is 0.409 e. The molecule has 1 aliphatic heterocycles. The van der Waals surface area contributed by atoms with Gasteiger partial charge in [0.1, 0.15) is 0 Å². The first-order valence-electron chi connectivity index (χ1n) is 8.80. The van der Waals surface area contributed by atoms with Gasteiger partial charge in [-0.15, -0.1) is 0 Å². The topological polar surface area (TPSA) is 49.8 Å². The highest BCUT2D eigenvalue weighted by atomic mass is 16.6. The maximum atomic E-state index is 12.1. The van der Waals surface area contributed by atoms with E-state index in [2.05, 4.69) is 0 Å². The van der Waals surface area contributed by atoms with Gasteiger partial charge in [-0.25, -0.2) is 4.79 Å². The molecule has 0 radical (unpaired) electrons. The zero-order valence-electron chi connectivity index (χ0n) is 13.4. The number of ether oxygens (including phenoxy) is 1. The molecule has 1 aliphatic carbocycles. The molecule has 2 fully saturated rings. The molecule has 4 heteroatoms. The third kappa shape index (κ3) is 5.17. The molecule has 2 aliphatic rings. The molecule has 4 nitrogen and oxygen atoms in total. The van der Waals surface area contributed by atoms with Crippen molar-refractivity contribution < 1.29 is 14.6 Å². The first-order chi connectivity index (χ1) is 10.2. The van der Waals surface area contributed by atoms with E-state index in [9.17, 15) is 9.90 Å². The molecule has 0 aromatic carbocycles. The zero-order valence-corrected chi connectivity index (χ0v) is 13.4. The second kappa shape index (κ2) is 8.62. The molecule has 1 amide bonds. The fraction of sp³-hybridized carbons (Fsp3) is 0.941. The third-order valence-corrected chi connectivity index (χ3v) is 5.18. The van der Waals surface area contributed by atoms with Crippen LogP contribution in [0, 0.1) is 11.8 Å². The van der Waals surface area contributed by atoms with Crippen LogP contribution in [0.4, 0.5) is 4.79 Å². The molecule has 1 heterocycles. The standard InChI is InChI=1S/C17H31NO3/c1-2-16(19)15-9-11-18(12-10-15)17(20)21-13-14-7-5-3-4-6-8-14/h14-16,19H,2-13H2,1H3. The number of aliphatic hydroxyl groups is 1. The van der Waals surface area contributed by atoms with Gasteiger partial charge < -0.3 is 14.7 Å². The summed E-state index contributed by atoms with van der Waals surface area (Å²) in [5, 5.41) is 9.87. The molecular formula is C17H31NO3. The Bertz CT molecular complexity index is 305. The summed E-state index contributed by atoms with van der Waals surface area (Å²) < 4.78 is 5.52. The van der Waals surface area contributed by atoms with Gasteiger partial charge in [-0.2, -0.15) is 0 Å². The fourth-order valence-corrected chi connectivity index (χ4v) is 3.61. The molecule has 0 aromatic heterocycles. The van der Waals surface area contributed by atoms with E-state index in [-0.39, 0.29) is 12.2 Å². The van der Waals surface area contributed by atoms with Gasteiger partial charge in [0, 0.05) is 13.1 Å². The minimum Gasteiger partial charge on any atom is -0.449 e. The van der Waals surface area contributed by atoms with Crippen LogP contribution in [0.15, 0.2) is 0 Å². The van der Waals surface area contributed by atoms with Crippen molar-refractivity contribution in [1.82, 2.24) is 4.90 Å². The Labute approximate surface area is 128 Å². The zero-order chi connectivity index (χ0) is 15.1. The summed E-state index contributed by atoms with van der Waals surface area (Å²) in [6, 6.07) is 0. The van der Waals surface area contributed by atoms with Crippen LogP contribution in [0.5, 0.6) is 0 Å². The quantitative estimate of drug-likeness (QED) is 0.807. The largest absolute Gasteiger partial charge is 0.449 e. The van der Waals surface area contributed by atoms with Crippen LogP contribution in [0.1, 0.15) is 64.7 Å². The van der Waals surface area contributed by atoms with E-state index >= 15 is 0 Å². The molecule has 1 saturated heterocycles. The summed E-state index contributed by atoms with van der Waals surface area (Å²) in [5.74, 6) is 0.914. The number of likely N-dealkylation sites (tertiary alicyclic amines) is 1. The highest BCUT2D eigenvalue weighted by Crippen LogP contribution is 2.25. The second-order valence-electron chi connectivity index (χ2n) is 6.73. The van der Waals surface area contributed by atoms with Crippen molar-refractivity contribution in [3.05, 3.63) is 0 Å². The van der Waals surface area contributed by atoms with E-state index in [0.717, 1.165) is 32.4 Å². The summed E-state index contributed by atoms with van der Waals surface area (Å²) >= 11 is 0. The molecule has 0 bridgehead atoms. The van der Waals surface area contributed by atoms with E-state index < -0.39 is 0 Å². The number of carbonyl (C=O) groups excluding carboxylic acids is 1. The van der Waals surface area contributed by atoms with Crippen LogP contribution in [-0.4, -0.2) is 41.9 Å². The van der Waals surface area contributed by atoms with E-state index in [4.69, 9.17) is 4.74 Å². The Balaban J connectivity index is 1.67. The normalized spacial score (nSPS) is 23.6. The summed E-state index contributed by atoms with van der Waals surface area (Å²) in [4.78, 5) is 13.9. The predicted molar refractivity (Wildman–Crippen MR) is 83.1 cm³/mol. The van der Waals surface area contributed by atoms with E-state index in [1.54, 1.807) is 0 Å². The third-order valence-electron chi connectivity index (χ3n) is 5.18. The van der Waals surface area contributed by atoms with Crippen molar-refractivity contribution >= 4 is 6.09 Å². The van der Waals surface area contributed by atoms with Gasteiger partial charge in [0.2, 0.25) is 0 Å². The maximum absolute atomic E-state index is 12.1. The number of amides is 1. The average molecular weight is 297 g/mol. The SMILES string of the molecule is CCC(O)C1CCN(C(=O)OCC2CCCCCC2)CC1. The molecule has 1 unspecified atom stereocenters. The molecular weight excluding hydrogens is 266 g/mol. The number of nitrogens with zero attached hydrogens (tertiary/aromatic N) is 1. The van der Waals surface area contributed by atoms with Crippen molar-refractivity contribution in [1.29, 1.82) is 0 Å². The van der Waals surface area contributed by atoms with Crippen LogP contribution in [0.2, 0.25) is 0 Å². The van der Waals surface area contributed by atoms with Gasteiger partial charge in [0.15, 0.2) is 0 Å². The van der Waals surface area contributed by atoms with Crippen molar-refractivity contribution in [2.45, 2.75) is 70.8 Å². The number of aliphatic hydroxyl groups excluding tert-OH is 1. The minimum absolute atomic E-state index is 0.149. The molecule has 21 heavy (non-hydrogen) atoms. The average Bonchev–Trinajstić information content (AvgIpc) is 2.80. The lowest BCUT2D eigenvalue weighted by Gasteiger charge is -2.33. The number of hydrogen-bond donors (Lipinski definition) is 1. The van der Waals surface area contributed by atoms with Crippen LogP contribution >= 0.6 is 0 Å². The fourth-order valence-electron chi connectivity index (χ4n) is 3.61. The summed E-state index contributed by atoms with van der Waals surface area (Å²) in [7, 11) is 0. The highest BCUT2D eigenvalue weighted by molar-refractivity contribution is 5.67. The van der Waals surface area contributed by atoms with Crippen LogP contribution in [-0.2, 0) is 4.74 Å². The van der Waals surface area contributed by atoms with Crippen molar-refractivity contribution in [2.75, 3.05) is 19.7 Å². The summed E-state index contributed by atoms with van der Waals surface area (Å²) in [5.41, 5.74) is 0. The van der Waals surface area contributed by atoms with Crippen molar-refractivity contribution in [2.24, 2.45) is 11.8 Å². The van der Waals surface area contributed by atoms with Gasteiger partial charge in [0.05, 0.1) is 12.7 Å². The minimum atomic E-state index is -0.214. The lowest BCUT2D eigenvalue weighted by Crippen LogP contribution is -2.41. The van der Waals surface area contributed by atoms with Gasteiger partial charge in [-0.05, 0) is 43.9 Å². The monoisotopic (exact) mass is 297 g/mol. The first kappa shape index (κ1) is 16.6. The van der Waals surface area contributed by atoms with Gasteiger partial charge in [-0.1, -0.05) is 32.6 Å². The van der Waals surface area contributed by atoms with Gasteiger partial charge >= 0.3 is 6.09 Å². The Hall–Kier alpha value is -0.770.